The van der Waals surface area contributed by atoms with E-state index in [1.165, 1.54) is 11.1 Å². The summed E-state index contributed by atoms with van der Waals surface area (Å²) in [6.45, 7) is 2.10. The lowest BCUT2D eigenvalue weighted by atomic mass is 9.78. The largest absolute Gasteiger partial charge is 0.372 e. The molecular formula is C26H23IN2O. The highest BCUT2D eigenvalue weighted by molar-refractivity contribution is 14.1. The number of hydrogen-bond donors (Lipinski definition) is 2. The van der Waals surface area contributed by atoms with E-state index in [-0.39, 0.29) is 17.7 Å². The Balaban J connectivity index is 1.62. The molecule has 0 saturated heterocycles. The van der Waals surface area contributed by atoms with Gasteiger partial charge in [0, 0.05) is 21.3 Å². The van der Waals surface area contributed by atoms with Crippen molar-refractivity contribution in [1.29, 1.82) is 0 Å². The average Bonchev–Trinajstić information content (AvgIpc) is 2.91. The van der Waals surface area contributed by atoms with Crippen LogP contribution in [0.15, 0.2) is 84.1 Å². The van der Waals surface area contributed by atoms with Crippen LogP contribution in [-0.4, -0.2) is 5.78 Å². The molecule has 3 aromatic carbocycles. The van der Waals surface area contributed by atoms with Gasteiger partial charge in [-0.2, -0.15) is 0 Å². The number of para-hydroxylation sites is 2. The fourth-order valence-electron chi connectivity index (χ4n) is 4.51. The number of aryl methyl sites for hydroxylation is 1. The normalized spacial score (nSPS) is 20.5. The van der Waals surface area contributed by atoms with E-state index in [0.29, 0.717) is 6.42 Å². The second-order valence-corrected chi connectivity index (χ2v) is 9.26. The molecule has 0 radical (unpaired) electrons. The molecule has 2 unspecified atom stereocenters. The summed E-state index contributed by atoms with van der Waals surface area (Å²) < 4.78 is 1.16. The Bertz CT molecular complexity index is 1150. The maximum atomic E-state index is 13.5. The van der Waals surface area contributed by atoms with E-state index < -0.39 is 0 Å². The van der Waals surface area contributed by atoms with Crippen molar-refractivity contribution >= 4 is 39.7 Å². The molecule has 2 aliphatic rings. The minimum atomic E-state index is -0.157. The van der Waals surface area contributed by atoms with E-state index in [2.05, 4.69) is 88.7 Å². The first kappa shape index (κ1) is 19.4. The first-order valence-corrected chi connectivity index (χ1v) is 11.4. The Hall–Kier alpha value is -2.60. The summed E-state index contributed by atoms with van der Waals surface area (Å²) in [6, 6.07) is 25.0. The molecule has 1 heterocycles. The lowest BCUT2D eigenvalue weighted by Crippen LogP contribution is -2.27. The van der Waals surface area contributed by atoms with Crippen molar-refractivity contribution in [2.45, 2.75) is 31.7 Å². The lowest BCUT2D eigenvalue weighted by molar-refractivity contribution is -0.116. The van der Waals surface area contributed by atoms with E-state index in [9.17, 15) is 4.79 Å². The highest BCUT2D eigenvalue weighted by atomic mass is 127. The number of allylic oxidation sites excluding steroid dienone is 1. The van der Waals surface area contributed by atoms with Gasteiger partial charge in [0.25, 0.3) is 0 Å². The molecule has 5 rings (SSSR count). The third-order valence-electron chi connectivity index (χ3n) is 6.07. The van der Waals surface area contributed by atoms with Crippen LogP contribution in [-0.2, 0) is 4.79 Å². The molecule has 1 aliphatic heterocycles. The number of rotatable bonds is 2. The molecule has 0 amide bonds. The molecule has 3 aromatic rings. The van der Waals surface area contributed by atoms with E-state index in [0.717, 1.165) is 38.2 Å². The second kappa shape index (κ2) is 7.91. The molecule has 0 aromatic heterocycles. The topological polar surface area (TPSA) is 41.1 Å². The Morgan fingerprint density at radius 1 is 0.867 bits per heavy atom. The molecule has 1 aliphatic carbocycles. The van der Waals surface area contributed by atoms with Gasteiger partial charge in [0.1, 0.15) is 0 Å². The number of halogens is 1. The first-order chi connectivity index (χ1) is 14.6. The van der Waals surface area contributed by atoms with Gasteiger partial charge in [-0.05, 0) is 71.2 Å². The Labute approximate surface area is 190 Å². The van der Waals surface area contributed by atoms with E-state index in [1.54, 1.807) is 0 Å². The summed E-state index contributed by atoms with van der Waals surface area (Å²) in [5, 5.41) is 7.28. The highest BCUT2D eigenvalue weighted by Gasteiger charge is 2.36. The zero-order valence-electron chi connectivity index (χ0n) is 16.8. The Morgan fingerprint density at radius 2 is 1.57 bits per heavy atom. The number of nitrogens with one attached hydrogen (secondary N) is 2. The van der Waals surface area contributed by atoms with Gasteiger partial charge >= 0.3 is 0 Å². The standard InChI is InChI=1S/C26H23IN2O/c1-16-10-12-17(13-11-16)18-14-23-25(24(30)15-18)26(19-6-2-3-7-20(19)27)29-22-9-5-4-8-21(22)28-23/h2-13,18,26,28-29H,14-15H2,1H3. The third-order valence-corrected chi connectivity index (χ3v) is 7.06. The van der Waals surface area contributed by atoms with Gasteiger partial charge in [0.2, 0.25) is 0 Å². The quantitative estimate of drug-likeness (QED) is 0.386. The molecule has 4 heteroatoms. The number of fused-ring (bicyclic) bond motifs is 1. The maximum absolute atomic E-state index is 13.5. The Kier molecular flexibility index (Phi) is 5.11. The number of Topliss-reactive ketones (excluding diaryl/α,β-unsaturated/α-hetero) is 1. The van der Waals surface area contributed by atoms with Crippen molar-refractivity contribution in [1.82, 2.24) is 0 Å². The van der Waals surface area contributed by atoms with Crippen LogP contribution in [0, 0.1) is 10.5 Å². The van der Waals surface area contributed by atoms with Crippen molar-refractivity contribution in [2.75, 3.05) is 10.6 Å². The third kappa shape index (κ3) is 3.54. The summed E-state index contributed by atoms with van der Waals surface area (Å²) in [4.78, 5) is 13.5. The molecule has 0 bridgehead atoms. The number of carbonyl (C=O) groups excluding carboxylic acids is 1. The van der Waals surface area contributed by atoms with Crippen LogP contribution in [0.3, 0.4) is 0 Å². The van der Waals surface area contributed by atoms with Gasteiger partial charge in [0.05, 0.1) is 17.4 Å². The predicted octanol–water partition coefficient (Wildman–Crippen LogP) is 6.58. The highest BCUT2D eigenvalue weighted by Crippen LogP contribution is 2.44. The van der Waals surface area contributed by atoms with Crippen LogP contribution in [0.1, 0.15) is 41.5 Å². The maximum Gasteiger partial charge on any atom is 0.163 e. The predicted molar refractivity (Wildman–Crippen MR) is 131 cm³/mol. The molecule has 2 atom stereocenters. The number of benzene rings is 3. The molecule has 150 valence electrons. The summed E-state index contributed by atoms with van der Waals surface area (Å²) >= 11 is 2.37. The van der Waals surface area contributed by atoms with Crippen molar-refractivity contribution < 1.29 is 4.79 Å². The smallest absolute Gasteiger partial charge is 0.163 e. The minimum Gasteiger partial charge on any atom is -0.372 e. The van der Waals surface area contributed by atoms with Crippen LogP contribution >= 0.6 is 22.6 Å². The minimum absolute atomic E-state index is 0.157. The van der Waals surface area contributed by atoms with Crippen molar-refractivity contribution in [2.24, 2.45) is 0 Å². The molecular weight excluding hydrogens is 483 g/mol. The fourth-order valence-corrected chi connectivity index (χ4v) is 5.21. The zero-order valence-corrected chi connectivity index (χ0v) is 18.9. The molecule has 3 nitrogen and oxygen atoms in total. The van der Waals surface area contributed by atoms with Gasteiger partial charge in [-0.3, -0.25) is 4.79 Å². The van der Waals surface area contributed by atoms with Gasteiger partial charge in [0.15, 0.2) is 5.78 Å². The summed E-state index contributed by atoms with van der Waals surface area (Å²) in [5.41, 5.74) is 7.58. The van der Waals surface area contributed by atoms with Crippen LogP contribution in [0.2, 0.25) is 0 Å². The molecule has 0 saturated carbocycles. The molecule has 2 N–H and O–H groups in total. The molecule has 30 heavy (non-hydrogen) atoms. The van der Waals surface area contributed by atoms with Crippen LogP contribution in [0.25, 0.3) is 0 Å². The molecule has 0 fully saturated rings. The second-order valence-electron chi connectivity index (χ2n) is 8.10. The van der Waals surface area contributed by atoms with Crippen molar-refractivity contribution in [3.8, 4) is 0 Å². The zero-order chi connectivity index (χ0) is 20.7. The van der Waals surface area contributed by atoms with Gasteiger partial charge in [-0.1, -0.05) is 60.2 Å². The Morgan fingerprint density at radius 3 is 2.33 bits per heavy atom. The van der Waals surface area contributed by atoms with Crippen molar-refractivity contribution in [3.05, 3.63) is 104 Å². The van der Waals surface area contributed by atoms with E-state index >= 15 is 0 Å². The fraction of sp³-hybridized carbons (Fsp3) is 0.192. The number of hydrogen-bond acceptors (Lipinski definition) is 3. The average molecular weight is 506 g/mol. The van der Waals surface area contributed by atoms with Gasteiger partial charge < -0.3 is 10.6 Å². The number of ketones is 1. The molecule has 0 spiro atoms. The monoisotopic (exact) mass is 506 g/mol. The summed E-state index contributed by atoms with van der Waals surface area (Å²) in [6.07, 6.45) is 1.38. The van der Waals surface area contributed by atoms with Crippen molar-refractivity contribution in [3.63, 3.8) is 0 Å². The van der Waals surface area contributed by atoms with Crippen LogP contribution in [0.4, 0.5) is 11.4 Å². The number of anilines is 2. The number of carbonyl (C=O) groups is 1. The summed E-state index contributed by atoms with van der Waals surface area (Å²) in [7, 11) is 0. The van der Waals surface area contributed by atoms with Gasteiger partial charge in [-0.15, -0.1) is 0 Å². The lowest BCUT2D eigenvalue weighted by Gasteiger charge is -2.30. The SMILES string of the molecule is Cc1ccc(C2CC(=O)C3=C(C2)Nc2ccccc2NC3c2ccccc2I)cc1. The first-order valence-electron chi connectivity index (χ1n) is 10.3. The van der Waals surface area contributed by atoms with Crippen LogP contribution in [0.5, 0.6) is 0 Å². The van der Waals surface area contributed by atoms with E-state index in [1.807, 2.05) is 24.3 Å². The van der Waals surface area contributed by atoms with E-state index in [4.69, 9.17) is 0 Å². The van der Waals surface area contributed by atoms with Gasteiger partial charge in [-0.25, -0.2) is 0 Å². The van der Waals surface area contributed by atoms with Crippen LogP contribution < -0.4 is 10.6 Å². The summed E-state index contributed by atoms with van der Waals surface area (Å²) in [5.74, 6) is 0.421.